The van der Waals surface area contributed by atoms with E-state index >= 15 is 0 Å². The average Bonchev–Trinajstić information content (AvgIpc) is 2.81. The van der Waals surface area contributed by atoms with Gasteiger partial charge in [0.15, 0.2) is 0 Å². The molecule has 0 saturated heterocycles. The van der Waals surface area contributed by atoms with Gasteiger partial charge >= 0.3 is 0 Å². The summed E-state index contributed by atoms with van der Waals surface area (Å²) in [6.45, 7) is 4.86. The molecule has 0 radical (unpaired) electrons. The first-order valence-electron chi connectivity index (χ1n) is 10.8. The van der Waals surface area contributed by atoms with Crippen LogP contribution in [0.5, 0.6) is 0 Å². The van der Waals surface area contributed by atoms with Crippen LogP contribution in [0.25, 0.3) is 11.1 Å². The Bertz CT molecular complexity index is 1180. The second-order valence-corrected chi connectivity index (χ2v) is 7.94. The number of rotatable bonds is 7. The zero-order valence-electron chi connectivity index (χ0n) is 18.4. The van der Waals surface area contributed by atoms with Crippen LogP contribution in [0.4, 0.5) is 11.4 Å². The fourth-order valence-electron chi connectivity index (χ4n) is 3.58. The Hall–Kier alpha value is -3.92. The molecule has 0 aliphatic rings. The molecule has 32 heavy (non-hydrogen) atoms. The third kappa shape index (κ3) is 5.41. The molecule has 1 amide bonds. The summed E-state index contributed by atoms with van der Waals surface area (Å²) in [5.74, 6) is -0.111. The van der Waals surface area contributed by atoms with Gasteiger partial charge in [-0.3, -0.25) is 9.78 Å². The molecular weight excluding hydrogens is 394 g/mol. The number of carbonyl (C=O) groups excluding carboxylic acids is 1. The van der Waals surface area contributed by atoms with Crippen molar-refractivity contribution >= 4 is 17.3 Å². The molecule has 0 fully saturated rings. The number of hydrogen-bond acceptors (Lipinski definition) is 3. The van der Waals surface area contributed by atoms with Gasteiger partial charge in [-0.15, -0.1) is 0 Å². The molecule has 2 N–H and O–H groups in total. The predicted molar refractivity (Wildman–Crippen MR) is 132 cm³/mol. The Morgan fingerprint density at radius 3 is 2.25 bits per heavy atom. The van der Waals surface area contributed by atoms with Crippen LogP contribution in [0.15, 0.2) is 91.1 Å². The third-order valence-corrected chi connectivity index (χ3v) is 5.36. The van der Waals surface area contributed by atoms with Gasteiger partial charge in [-0.25, -0.2) is 0 Å². The van der Waals surface area contributed by atoms with E-state index in [4.69, 9.17) is 0 Å². The van der Waals surface area contributed by atoms with Crippen molar-refractivity contribution in [2.24, 2.45) is 0 Å². The SMILES string of the molecule is Cc1ccc(-c2ccc(C)cc2C(=O)Nc2ccc(NCCc3ccccn3)cc2)cc1. The second kappa shape index (κ2) is 9.92. The van der Waals surface area contributed by atoms with E-state index in [9.17, 15) is 4.79 Å². The Labute approximate surface area is 189 Å². The molecule has 0 aliphatic heterocycles. The molecule has 4 nitrogen and oxygen atoms in total. The number of aromatic nitrogens is 1. The highest BCUT2D eigenvalue weighted by Gasteiger charge is 2.13. The van der Waals surface area contributed by atoms with Gasteiger partial charge in [-0.2, -0.15) is 0 Å². The molecule has 4 aromatic rings. The number of carbonyl (C=O) groups is 1. The summed E-state index contributed by atoms with van der Waals surface area (Å²) >= 11 is 0. The smallest absolute Gasteiger partial charge is 0.256 e. The van der Waals surface area contributed by atoms with Crippen LogP contribution in [0, 0.1) is 13.8 Å². The first-order chi connectivity index (χ1) is 15.6. The normalized spacial score (nSPS) is 10.6. The summed E-state index contributed by atoms with van der Waals surface area (Å²) in [5.41, 5.74) is 7.72. The molecular formula is C28H27N3O. The zero-order chi connectivity index (χ0) is 22.3. The Kier molecular flexibility index (Phi) is 6.61. The van der Waals surface area contributed by atoms with E-state index < -0.39 is 0 Å². The van der Waals surface area contributed by atoms with Gasteiger partial charge in [0.05, 0.1) is 0 Å². The quantitative estimate of drug-likeness (QED) is 0.370. The van der Waals surface area contributed by atoms with Crippen molar-refractivity contribution in [3.8, 4) is 11.1 Å². The summed E-state index contributed by atoms with van der Waals surface area (Å²) in [5, 5.41) is 6.43. The lowest BCUT2D eigenvalue weighted by molar-refractivity contribution is 0.102. The number of amides is 1. The zero-order valence-corrected chi connectivity index (χ0v) is 18.4. The van der Waals surface area contributed by atoms with Crippen LogP contribution < -0.4 is 10.6 Å². The van der Waals surface area contributed by atoms with E-state index in [1.165, 1.54) is 5.56 Å². The van der Waals surface area contributed by atoms with Crippen molar-refractivity contribution in [3.63, 3.8) is 0 Å². The molecule has 0 bridgehead atoms. The lowest BCUT2D eigenvalue weighted by Crippen LogP contribution is -2.13. The molecule has 1 heterocycles. The summed E-state index contributed by atoms with van der Waals surface area (Å²) in [6.07, 6.45) is 2.67. The number of anilines is 2. The van der Waals surface area contributed by atoms with Crippen LogP contribution in [0.2, 0.25) is 0 Å². The van der Waals surface area contributed by atoms with Gasteiger partial charge in [0.1, 0.15) is 0 Å². The van der Waals surface area contributed by atoms with Gasteiger partial charge < -0.3 is 10.6 Å². The van der Waals surface area contributed by atoms with Crippen molar-refractivity contribution in [3.05, 3.63) is 114 Å². The monoisotopic (exact) mass is 421 g/mol. The Balaban J connectivity index is 1.42. The minimum Gasteiger partial charge on any atom is -0.385 e. The number of nitrogens with zero attached hydrogens (tertiary/aromatic N) is 1. The van der Waals surface area contributed by atoms with Crippen molar-refractivity contribution in [1.29, 1.82) is 0 Å². The number of hydrogen-bond donors (Lipinski definition) is 2. The van der Waals surface area contributed by atoms with E-state index in [2.05, 4.69) is 46.8 Å². The highest BCUT2D eigenvalue weighted by Crippen LogP contribution is 2.26. The fraction of sp³-hybridized carbons (Fsp3) is 0.143. The largest absolute Gasteiger partial charge is 0.385 e. The van der Waals surface area contributed by atoms with Crippen LogP contribution >= 0.6 is 0 Å². The lowest BCUT2D eigenvalue weighted by atomic mass is 9.96. The number of nitrogens with one attached hydrogen (secondary N) is 2. The van der Waals surface area contributed by atoms with Gasteiger partial charge in [0.2, 0.25) is 0 Å². The van der Waals surface area contributed by atoms with E-state index in [0.29, 0.717) is 5.56 Å². The highest BCUT2D eigenvalue weighted by atomic mass is 16.1. The maximum absolute atomic E-state index is 13.1. The summed E-state index contributed by atoms with van der Waals surface area (Å²) < 4.78 is 0. The standard InChI is InChI=1S/C28H27N3O/c1-20-6-9-22(10-7-20)26-15-8-21(2)19-27(26)28(32)31-25-13-11-24(12-14-25)30-18-16-23-5-3-4-17-29-23/h3-15,17,19,30H,16,18H2,1-2H3,(H,31,32). The first kappa shape index (κ1) is 21.3. The Morgan fingerprint density at radius 1 is 0.812 bits per heavy atom. The molecule has 3 aromatic carbocycles. The summed E-state index contributed by atoms with van der Waals surface area (Å²) in [4.78, 5) is 17.4. The first-order valence-corrected chi connectivity index (χ1v) is 10.8. The highest BCUT2D eigenvalue weighted by molar-refractivity contribution is 6.09. The van der Waals surface area contributed by atoms with Gasteiger partial charge in [-0.05, 0) is 67.4 Å². The van der Waals surface area contributed by atoms with Gasteiger partial charge in [-0.1, -0.05) is 53.6 Å². The van der Waals surface area contributed by atoms with E-state index in [1.54, 1.807) is 0 Å². The van der Waals surface area contributed by atoms with Crippen molar-refractivity contribution in [1.82, 2.24) is 4.98 Å². The molecule has 0 atom stereocenters. The third-order valence-electron chi connectivity index (χ3n) is 5.36. The number of aryl methyl sites for hydroxylation is 2. The van der Waals surface area contributed by atoms with Gasteiger partial charge in [0.25, 0.3) is 5.91 Å². The summed E-state index contributed by atoms with van der Waals surface area (Å²) in [6, 6.07) is 28.0. The van der Waals surface area contributed by atoms with Crippen LogP contribution in [0.1, 0.15) is 27.2 Å². The van der Waals surface area contributed by atoms with Crippen LogP contribution in [-0.4, -0.2) is 17.4 Å². The maximum Gasteiger partial charge on any atom is 0.256 e. The van der Waals surface area contributed by atoms with E-state index in [0.717, 1.165) is 46.7 Å². The molecule has 0 aliphatic carbocycles. The molecule has 0 unspecified atom stereocenters. The van der Waals surface area contributed by atoms with Gasteiger partial charge in [0, 0.05) is 41.8 Å². The topological polar surface area (TPSA) is 54.0 Å². The fourth-order valence-corrected chi connectivity index (χ4v) is 3.58. The lowest BCUT2D eigenvalue weighted by Gasteiger charge is -2.13. The molecule has 0 saturated carbocycles. The number of benzene rings is 3. The summed E-state index contributed by atoms with van der Waals surface area (Å²) in [7, 11) is 0. The predicted octanol–water partition coefficient (Wildman–Crippen LogP) is 6.27. The van der Waals surface area contributed by atoms with Crippen LogP contribution in [0.3, 0.4) is 0 Å². The molecule has 160 valence electrons. The van der Waals surface area contributed by atoms with Crippen molar-refractivity contribution < 1.29 is 4.79 Å². The minimum atomic E-state index is -0.111. The molecule has 4 rings (SSSR count). The minimum absolute atomic E-state index is 0.111. The van der Waals surface area contributed by atoms with Crippen LogP contribution in [-0.2, 0) is 6.42 Å². The average molecular weight is 422 g/mol. The second-order valence-electron chi connectivity index (χ2n) is 7.94. The van der Waals surface area contributed by atoms with E-state index in [1.807, 2.05) is 73.8 Å². The van der Waals surface area contributed by atoms with E-state index in [-0.39, 0.29) is 5.91 Å². The molecule has 1 aromatic heterocycles. The number of pyridine rings is 1. The Morgan fingerprint density at radius 2 is 1.53 bits per heavy atom. The maximum atomic E-state index is 13.1. The van der Waals surface area contributed by atoms with Crippen molar-refractivity contribution in [2.75, 3.05) is 17.2 Å². The van der Waals surface area contributed by atoms with Crippen molar-refractivity contribution in [2.45, 2.75) is 20.3 Å². The molecule has 0 spiro atoms. The molecule has 4 heteroatoms.